The fraction of sp³-hybridized carbons (Fsp3) is 0.371. The second-order valence-corrected chi connectivity index (χ2v) is 11.9. The summed E-state index contributed by atoms with van der Waals surface area (Å²) in [5.74, 6) is -0.544. The first kappa shape index (κ1) is 31.6. The molecule has 0 bridgehead atoms. The van der Waals surface area contributed by atoms with Crippen molar-refractivity contribution in [3.63, 3.8) is 0 Å². The summed E-state index contributed by atoms with van der Waals surface area (Å²) in [6.07, 6.45) is 2.00. The van der Waals surface area contributed by atoms with E-state index in [4.69, 9.17) is 9.84 Å². The highest BCUT2D eigenvalue weighted by molar-refractivity contribution is 6.01. The largest absolute Gasteiger partial charge is 0.495 e. The summed E-state index contributed by atoms with van der Waals surface area (Å²) < 4.78 is 5.55. The van der Waals surface area contributed by atoms with E-state index in [-0.39, 0.29) is 36.5 Å². The molecule has 2 saturated heterocycles. The number of amides is 4. The molecule has 3 N–H and O–H groups in total. The number of carboxylic acid groups (broad SMARTS) is 1. The summed E-state index contributed by atoms with van der Waals surface area (Å²) in [4.78, 5) is 55.0. The third-order valence-electron chi connectivity index (χ3n) is 8.83. The van der Waals surface area contributed by atoms with Crippen LogP contribution < -0.4 is 15.4 Å². The fourth-order valence-corrected chi connectivity index (χ4v) is 6.34. The number of hydrogen-bond donors (Lipinski definition) is 3. The monoisotopic (exact) mass is 612 g/mol. The Morgan fingerprint density at radius 3 is 2.29 bits per heavy atom. The number of urea groups is 1. The molecular formula is C35H40N4O6. The Morgan fingerprint density at radius 2 is 1.60 bits per heavy atom. The number of para-hydroxylation sites is 1. The number of aryl methyl sites for hydroxylation is 1. The number of carboxylic acids is 1. The molecule has 10 heteroatoms. The van der Waals surface area contributed by atoms with Crippen LogP contribution in [0, 0.1) is 12.8 Å². The number of methoxy groups -OCH3 is 1. The minimum Gasteiger partial charge on any atom is -0.495 e. The highest BCUT2D eigenvalue weighted by atomic mass is 16.5. The van der Waals surface area contributed by atoms with E-state index < -0.39 is 18.0 Å². The van der Waals surface area contributed by atoms with Crippen LogP contribution in [0.2, 0.25) is 0 Å². The zero-order chi connectivity index (χ0) is 31.9. The Kier molecular flexibility index (Phi) is 10.0. The molecule has 3 aromatic carbocycles. The molecule has 236 valence electrons. The molecule has 0 saturated carbocycles. The number of benzene rings is 3. The minimum absolute atomic E-state index is 0.0292. The van der Waals surface area contributed by atoms with Crippen LogP contribution in [0.4, 0.5) is 16.2 Å². The van der Waals surface area contributed by atoms with Crippen molar-refractivity contribution in [3.8, 4) is 5.75 Å². The van der Waals surface area contributed by atoms with E-state index in [0.29, 0.717) is 61.6 Å². The van der Waals surface area contributed by atoms with Crippen LogP contribution in [0.15, 0.2) is 72.8 Å². The number of carbonyl (C=O) groups is 4. The van der Waals surface area contributed by atoms with Crippen LogP contribution in [0.1, 0.15) is 48.3 Å². The van der Waals surface area contributed by atoms with Crippen molar-refractivity contribution in [2.75, 3.05) is 37.4 Å². The predicted molar refractivity (Wildman–Crippen MR) is 171 cm³/mol. The molecule has 2 atom stereocenters. The Hall–Kier alpha value is -4.86. The smallest absolute Gasteiger partial charge is 0.323 e. The number of nitrogens with one attached hydrogen (secondary N) is 2. The van der Waals surface area contributed by atoms with Crippen molar-refractivity contribution in [1.29, 1.82) is 0 Å². The van der Waals surface area contributed by atoms with Crippen molar-refractivity contribution in [3.05, 3.63) is 89.5 Å². The van der Waals surface area contributed by atoms with Crippen molar-refractivity contribution < 1.29 is 29.0 Å². The van der Waals surface area contributed by atoms with Gasteiger partial charge in [0.15, 0.2) is 0 Å². The van der Waals surface area contributed by atoms with Crippen molar-refractivity contribution in [2.45, 2.75) is 51.0 Å². The van der Waals surface area contributed by atoms with E-state index in [1.165, 1.54) is 7.11 Å². The summed E-state index contributed by atoms with van der Waals surface area (Å²) in [6, 6.07) is 21.6. The lowest BCUT2D eigenvalue weighted by molar-refractivity contribution is -0.145. The molecule has 0 radical (unpaired) electrons. The van der Waals surface area contributed by atoms with E-state index in [9.17, 15) is 19.2 Å². The normalized spacial score (nSPS) is 18.4. The summed E-state index contributed by atoms with van der Waals surface area (Å²) in [6.45, 7) is 3.33. The third kappa shape index (κ3) is 7.81. The number of ether oxygens (including phenoxy) is 1. The molecule has 2 aliphatic heterocycles. The van der Waals surface area contributed by atoms with Gasteiger partial charge in [-0.25, -0.2) is 4.79 Å². The number of rotatable bonds is 9. The van der Waals surface area contributed by atoms with Gasteiger partial charge in [0.1, 0.15) is 11.8 Å². The van der Waals surface area contributed by atoms with Crippen LogP contribution in [0.3, 0.4) is 0 Å². The molecule has 5 rings (SSSR count). The first-order chi connectivity index (χ1) is 21.7. The van der Waals surface area contributed by atoms with Gasteiger partial charge in [0.2, 0.25) is 11.8 Å². The summed E-state index contributed by atoms with van der Waals surface area (Å²) in [7, 11) is 1.50. The first-order valence-corrected chi connectivity index (χ1v) is 15.4. The van der Waals surface area contributed by atoms with Crippen LogP contribution in [0.25, 0.3) is 0 Å². The van der Waals surface area contributed by atoms with Gasteiger partial charge in [-0.05, 0) is 67.0 Å². The van der Waals surface area contributed by atoms with Gasteiger partial charge in [-0.15, -0.1) is 0 Å². The third-order valence-corrected chi connectivity index (χ3v) is 8.83. The van der Waals surface area contributed by atoms with E-state index in [2.05, 4.69) is 10.6 Å². The average molecular weight is 613 g/mol. The summed E-state index contributed by atoms with van der Waals surface area (Å²) in [5.41, 5.74) is 3.88. The van der Waals surface area contributed by atoms with Crippen molar-refractivity contribution >= 4 is 35.2 Å². The van der Waals surface area contributed by atoms with E-state index >= 15 is 0 Å². The Labute approximate surface area is 263 Å². The molecule has 10 nitrogen and oxygen atoms in total. The number of piperidine rings is 1. The van der Waals surface area contributed by atoms with Crippen molar-refractivity contribution in [2.24, 2.45) is 5.92 Å². The number of nitrogens with zero attached hydrogens (tertiary/aromatic N) is 2. The highest BCUT2D eigenvalue weighted by Crippen LogP contribution is 2.35. The number of anilines is 2. The van der Waals surface area contributed by atoms with Gasteiger partial charge in [-0.2, -0.15) is 0 Å². The van der Waals surface area contributed by atoms with E-state index in [1.807, 2.05) is 61.5 Å². The van der Waals surface area contributed by atoms with Gasteiger partial charge >= 0.3 is 12.0 Å². The Balaban J connectivity index is 1.28. The molecule has 2 aliphatic rings. The second kappa shape index (κ2) is 14.3. The maximum absolute atomic E-state index is 13.8. The maximum atomic E-state index is 13.8. The maximum Gasteiger partial charge on any atom is 0.323 e. The highest BCUT2D eigenvalue weighted by Gasteiger charge is 2.42. The lowest BCUT2D eigenvalue weighted by atomic mass is 9.92. The molecule has 3 aromatic rings. The molecule has 45 heavy (non-hydrogen) atoms. The SMILES string of the molecule is COc1cc(CC(=O)N2CC(c3ccccc3)CC2C(=O)N2CCC(CC(=O)O)CC2)ccc1NC(=O)Nc1ccccc1C. The van der Waals surface area contributed by atoms with Crippen LogP contribution in [-0.4, -0.2) is 71.5 Å². The van der Waals surface area contributed by atoms with Crippen LogP contribution in [-0.2, 0) is 20.8 Å². The second-order valence-electron chi connectivity index (χ2n) is 11.9. The van der Waals surface area contributed by atoms with Gasteiger partial charge in [0.05, 0.1) is 19.2 Å². The zero-order valence-corrected chi connectivity index (χ0v) is 25.7. The Bertz CT molecular complexity index is 1540. The van der Waals surface area contributed by atoms with Gasteiger partial charge in [-0.3, -0.25) is 14.4 Å². The van der Waals surface area contributed by atoms with E-state index in [0.717, 1.165) is 11.1 Å². The topological polar surface area (TPSA) is 128 Å². The first-order valence-electron chi connectivity index (χ1n) is 15.4. The molecule has 4 amide bonds. The number of carbonyl (C=O) groups excluding carboxylic acids is 3. The molecule has 0 aromatic heterocycles. The lowest BCUT2D eigenvalue weighted by Gasteiger charge is -2.35. The zero-order valence-electron chi connectivity index (χ0n) is 25.7. The van der Waals surface area contributed by atoms with Crippen LogP contribution in [0.5, 0.6) is 5.75 Å². The molecule has 0 spiro atoms. The van der Waals surface area contributed by atoms with Crippen LogP contribution >= 0.6 is 0 Å². The molecule has 2 fully saturated rings. The van der Waals surface area contributed by atoms with Gasteiger partial charge in [-0.1, -0.05) is 54.6 Å². The molecule has 2 heterocycles. The molecular weight excluding hydrogens is 572 g/mol. The Morgan fingerprint density at radius 1 is 0.911 bits per heavy atom. The van der Waals surface area contributed by atoms with Gasteiger partial charge in [0, 0.05) is 37.7 Å². The summed E-state index contributed by atoms with van der Waals surface area (Å²) in [5, 5.41) is 14.8. The summed E-state index contributed by atoms with van der Waals surface area (Å²) >= 11 is 0. The van der Waals surface area contributed by atoms with Crippen molar-refractivity contribution in [1.82, 2.24) is 9.80 Å². The molecule has 0 aliphatic carbocycles. The quantitative estimate of drug-likeness (QED) is 0.301. The number of hydrogen-bond acceptors (Lipinski definition) is 5. The minimum atomic E-state index is -0.816. The number of likely N-dealkylation sites (tertiary alicyclic amines) is 2. The van der Waals surface area contributed by atoms with E-state index in [1.54, 1.807) is 28.0 Å². The standard InChI is InChI=1S/C35H40N4O6/c1-23-8-6-7-11-28(23)36-35(44)37-29-13-12-25(18-31(29)45-2)19-32(40)39-22-27(26-9-4-3-5-10-26)21-30(39)34(43)38-16-14-24(15-17-38)20-33(41)42/h3-13,18,24,27,30H,14-17,19-22H2,1-2H3,(H,41,42)(H2,36,37,44). The average Bonchev–Trinajstić information content (AvgIpc) is 3.49. The van der Waals surface area contributed by atoms with Gasteiger partial charge < -0.3 is 30.3 Å². The number of aliphatic carboxylic acids is 1. The molecule has 2 unspecified atom stereocenters. The fourth-order valence-electron chi connectivity index (χ4n) is 6.34. The lowest BCUT2D eigenvalue weighted by Crippen LogP contribution is -2.50. The van der Waals surface area contributed by atoms with Gasteiger partial charge in [0.25, 0.3) is 0 Å². The predicted octanol–water partition coefficient (Wildman–Crippen LogP) is 5.29.